The number of aliphatic hydroxyl groups excluding tert-OH is 10. The van der Waals surface area contributed by atoms with Gasteiger partial charge in [-0.3, -0.25) is 0 Å². The van der Waals surface area contributed by atoms with Gasteiger partial charge in [0.2, 0.25) is 0 Å². The molecule has 19 nitrogen and oxygen atoms in total. The molecule has 4 aliphatic rings. The summed E-state index contributed by atoms with van der Waals surface area (Å²) in [5, 5.41) is 107. The number of aldehydes is 1. The maximum atomic E-state index is 12.1. The first-order valence-electron chi connectivity index (χ1n) is 17.0. The SMILES string of the molecule is CC1OC(C(C)(C)C)C(O)C(O)C1OC1OC(CO)C(OC2OC(C=O)C(OC3OC(CO)C(O)C(OC(C)(C)C)C3O)C(O)C2O)C(O)C1O. The predicted molar refractivity (Wildman–Crippen MR) is 167 cm³/mol. The monoisotopic (exact) mass is 744 g/mol. The van der Waals surface area contributed by atoms with Crippen molar-refractivity contribution in [3.63, 3.8) is 0 Å². The Kier molecular flexibility index (Phi) is 14.0. The van der Waals surface area contributed by atoms with Crippen molar-refractivity contribution < 1.29 is 93.8 Å². The molecule has 4 rings (SSSR count). The quantitative estimate of drug-likeness (QED) is 0.0942. The zero-order chi connectivity index (χ0) is 38.3. The molecule has 0 aliphatic carbocycles. The lowest BCUT2D eigenvalue weighted by Crippen LogP contribution is -2.67. The van der Waals surface area contributed by atoms with Gasteiger partial charge >= 0.3 is 0 Å². The van der Waals surface area contributed by atoms with Crippen molar-refractivity contribution in [2.45, 2.75) is 177 Å². The van der Waals surface area contributed by atoms with E-state index in [1.54, 1.807) is 27.7 Å². The van der Waals surface area contributed by atoms with E-state index in [-0.39, 0.29) is 6.29 Å². The van der Waals surface area contributed by atoms with E-state index in [4.69, 9.17) is 37.9 Å². The number of ether oxygens (including phenoxy) is 8. The highest BCUT2D eigenvalue weighted by Crippen LogP contribution is 2.37. The summed E-state index contributed by atoms with van der Waals surface area (Å²) in [5.74, 6) is 0. The topological polar surface area (TPSA) is 293 Å². The van der Waals surface area contributed by atoms with Gasteiger partial charge in [0.25, 0.3) is 0 Å². The van der Waals surface area contributed by atoms with E-state index in [2.05, 4.69) is 0 Å². The third kappa shape index (κ3) is 9.26. The Morgan fingerprint density at radius 2 is 1.02 bits per heavy atom. The molecule has 10 N–H and O–H groups in total. The average Bonchev–Trinajstić information content (AvgIpc) is 3.05. The first-order chi connectivity index (χ1) is 23.6. The Labute approximate surface area is 295 Å². The van der Waals surface area contributed by atoms with Crippen LogP contribution < -0.4 is 0 Å². The van der Waals surface area contributed by atoms with Crippen molar-refractivity contribution in [3.8, 4) is 0 Å². The Morgan fingerprint density at radius 1 is 0.549 bits per heavy atom. The molecule has 19 heteroatoms. The van der Waals surface area contributed by atoms with Crippen molar-refractivity contribution in [1.82, 2.24) is 0 Å². The lowest BCUT2D eigenvalue weighted by molar-refractivity contribution is -0.381. The lowest BCUT2D eigenvalue weighted by atomic mass is 9.80. The van der Waals surface area contributed by atoms with Crippen LogP contribution in [0.15, 0.2) is 0 Å². The first kappa shape index (κ1) is 42.7. The second-order valence-corrected chi connectivity index (χ2v) is 15.6. The summed E-state index contributed by atoms with van der Waals surface area (Å²) in [6, 6.07) is 0. The van der Waals surface area contributed by atoms with Gasteiger partial charge in [0, 0.05) is 0 Å². The minimum atomic E-state index is -2.00. The van der Waals surface area contributed by atoms with Gasteiger partial charge < -0.3 is 93.8 Å². The van der Waals surface area contributed by atoms with E-state index in [1.807, 2.05) is 20.8 Å². The molecular weight excluding hydrogens is 688 g/mol. The van der Waals surface area contributed by atoms with Crippen molar-refractivity contribution in [3.05, 3.63) is 0 Å². The lowest BCUT2D eigenvalue weighted by Gasteiger charge is -2.49. The summed E-state index contributed by atoms with van der Waals surface area (Å²) in [6.45, 7) is 10.5. The van der Waals surface area contributed by atoms with Gasteiger partial charge in [-0.25, -0.2) is 0 Å². The minimum Gasteiger partial charge on any atom is -0.394 e. The molecule has 4 saturated heterocycles. The molecule has 0 aromatic rings. The predicted octanol–water partition coefficient (Wildman–Crippen LogP) is -4.60. The zero-order valence-corrected chi connectivity index (χ0v) is 29.7. The van der Waals surface area contributed by atoms with E-state index in [0.717, 1.165) is 0 Å². The summed E-state index contributed by atoms with van der Waals surface area (Å²) in [7, 11) is 0. The van der Waals surface area contributed by atoms with E-state index >= 15 is 0 Å². The van der Waals surface area contributed by atoms with Gasteiger partial charge in [0.15, 0.2) is 25.2 Å². The van der Waals surface area contributed by atoms with Gasteiger partial charge in [0.05, 0.1) is 31.0 Å². The van der Waals surface area contributed by atoms with Crippen molar-refractivity contribution in [2.75, 3.05) is 13.2 Å². The van der Waals surface area contributed by atoms with Crippen LogP contribution >= 0.6 is 0 Å². The normalized spacial score (nSPS) is 48.7. The van der Waals surface area contributed by atoms with Gasteiger partial charge in [0.1, 0.15) is 91.6 Å². The molecule has 0 spiro atoms. The van der Waals surface area contributed by atoms with Crippen molar-refractivity contribution >= 4 is 6.29 Å². The van der Waals surface area contributed by atoms with Gasteiger partial charge in [-0.05, 0) is 33.1 Å². The molecule has 0 saturated carbocycles. The Balaban J connectivity index is 1.44. The molecule has 0 amide bonds. The fourth-order valence-corrected chi connectivity index (χ4v) is 6.70. The van der Waals surface area contributed by atoms with Crippen LogP contribution in [-0.4, -0.2) is 199 Å². The number of carbonyl (C=O) groups excluding carboxylic acids is 1. The number of hydrogen-bond acceptors (Lipinski definition) is 19. The summed E-state index contributed by atoms with van der Waals surface area (Å²) in [6.07, 6.45) is -30.7. The standard InChI is InChI=1S/C32H56O19/c1-11-23(16(37)19(40)27(44-11)31(2,3)4)48-28-20(41)17(38)24(13(9-34)46-28)49-29-21(42)18(39)25(14(10-35)47-29)50-30-22(43)26(51-32(5,6)7)15(36)12(8-33)45-30/h10-30,33-34,36-43H,8-9H2,1-7H3. The molecular formula is C32H56O19. The third-order valence-corrected chi connectivity index (χ3v) is 9.39. The zero-order valence-electron chi connectivity index (χ0n) is 29.7. The van der Waals surface area contributed by atoms with E-state index in [9.17, 15) is 55.9 Å². The molecule has 20 unspecified atom stereocenters. The molecule has 51 heavy (non-hydrogen) atoms. The van der Waals surface area contributed by atoms with Crippen LogP contribution in [0.1, 0.15) is 48.5 Å². The van der Waals surface area contributed by atoms with Crippen LogP contribution in [0.25, 0.3) is 0 Å². The fraction of sp³-hybridized carbons (Fsp3) is 0.969. The average molecular weight is 745 g/mol. The van der Waals surface area contributed by atoms with E-state index < -0.39 is 147 Å². The molecule has 298 valence electrons. The first-order valence-corrected chi connectivity index (χ1v) is 17.0. The van der Waals surface area contributed by atoms with E-state index in [1.165, 1.54) is 0 Å². The summed E-state index contributed by atoms with van der Waals surface area (Å²) >= 11 is 0. The smallest absolute Gasteiger partial charge is 0.187 e. The number of carbonyl (C=O) groups is 1. The molecule has 20 atom stereocenters. The highest BCUT2D eigenvalue weighted by molar-refractivity contribution is 5.57. The molecule has 4 heterocycles. The van der Waals surface area contributed by atoms with Gasteiger partial charge in [-0.15, -0.1) is 0 Å². The van der Waals surface area contributed by atoms with Crippen LogP contribution in [0.4, 0.5) is 0 Å². The summed E-state index contributed by atoms with van der Waals surface area (Å²) in [4.78, 5) is 12.1. The maximum Gasteiger partial charge on any atom is 0.187 e. The number of rotatable bonds is 10. The van der Waals surface area contributed by atoms with Crippen LogP contribution in [0.5, 0.6) is 0 Å². The van der Waals surface area contributed by atoms with Gasteiger partial charge in [-0.2, -0.15) is 0 Å². The molecule has 4 aliphatic heterocycles. The molecule has 0 aromatic heterocycles. The van der Waals surface area contributed by atoms with Gasteiger partial charge in [-0.1, -0.05) is 20.8 Å². The molecule has 0 radical (unpaired) electrons. The fourth-order valence-electron chi connectivity index (χ4n) is 6.70. The minimum absolute atomic E-state index is 0.209. The molecule has 0 aromatic carbocycles. The maximum absolute atomic E-state index is 12.1. The molecule has 0 bridgehead atoms. The van der Waals surface area contributed by atoms with Crippen LogP contribution in [0, 0.1) is 5.41 Å². The summed E-state index contributed by atoms with van der Waals surface area (Å²) < 4.78 is 45.5. The second kappa shape index (κ2) is 16.8. The van der Waals surface area contributed by atoms with Crippen molar-refractivity contribution in [2.24, 2.45) is 5.41 Å². The largest absolute Gasteiger partial charge is 0.394 e. The summed E-state index contributed by atoms with van der Waals surface area (Å²) in [5.41, 5.74) is -1.41. The number of aliphatic hydroxyl groups is 10. The van der Waals surface area contributed by atoms with E-state index in [0.29, 0.717) is 0 Å². The Bertz CT molecular complexity index is 1120. The highest BCUT2D eigenvalue weighted by atomic mass is 16.8. The molecule has 4 fully saturated rings. The van der Waals surface area contributed by atoms with Crippen molar-refractivity contribution in [1.29, 1.82) is 0 Å². The Hall–Kier alpha value is -1.05. The highest BCUT2D eigenvalue weighted by Gasteiger charge is 2.56. The van der Waals surface area contributed by atoms with Crippen LogP contribution in [-0.2, 0) is 42.7 Å². The second-order valence-electron chi connectivity index (χ2n) is 15.6. The Morgan fingerprint density at radius 3 is 1.55 bits per heavy atom. The third-order valence-electron chi connectivity index (χ3n) is 9.39. The number of hydrogen-bond donors (Lipinski definition) is 10. The van der Waals surface area contributed by atoms with Crippen LogP contribution in [0.2, 0.25) is 0 Å². The van der Waals surface area contributed by atoms with Crippen LogP contribution in [0.3, 0.4) is 0 Å².